The minimum absolute atomic E-state index is 0.112. The molecule has 0 fully saturated rings. The van der Waals surface area contributed by atoms with E-state index in [1.807, 2.05) is 0 Å². The van der Waals surface area contributed by atoms with Crippen LogP contribution in [0.3, 0.4) is 0 Å². The van der Waals surface area contributed by atoms with Gasteiger partial charge in [0.05, 0.1) is 13.0 Å². The smallest absolute Gasteiger partial charge is 0.315 e. The standard InChI is InChI=1S/C10H15N3O4S/c1-2-6(3-8(14)15)12-9(16)11-4-7-5-18-10(17)13-7/h5-6H,2-4H2,1H3,(H,13,17)(H,14,15)(H2,11,12,16). The number of rotatable bonds is 6. The number of urea groups is 1. The first kappa shape index (κ1) is 14.2. The Morgan fingerprint density at radius 1 is 1.56 bits per heavy atom. The van der Waals surface area contributed by atoms with E-state index < -0.39 is 18.0 Å². The van der Waals surface area contributed by atoms with Crippen molar-refractivity contribution in [1.82, 2.24) is 15.6 Å². The number of H-pyrrole nitrogens is 1. The van der Waals surface area contributed by atoms with Crippen LogP contribution < -0.4 is 15.5 Å². The number of amides is 2. The fourth-order valence-corrected chi connectivity index (χ4v) is 1.90. The molecule has 1 rings (SSSR count). The molecular weight excluding hydrogens is 258 g/mol. The molecule has 0 aromatic carbocycles. The Morgan fingerprint density at radius 2 is 2.28 bits per heavy atom. The molecule has 0 radical (unpaired) electrons. The van der Waals surface area contributed by atoms with Gasteiger partial charge in [0.1, 0.15) is 0 Å². The molecule has 0 spiro atoms. The van der Waals surface area contributed by atoms with Crippen LogP contribution in [0.25, 0.3) is 0 Å². The van der Waals surface area contributed by atoms with Gasteiger partial charge in [-0.05, 0) is 6.42 Å². The maximum atomic E-state index is 11.5. The number of aromatic amines is 1. The molecule has 0 saturated heterocycles. The van der Waals surface area contributed by atoms with E-state index >= 15 is 0 Å². The average molecular weight is 273 g/mol. The maximum Gasteiger partial charge on any atom is 0.315 e. The van der Waals surface area contributed by atoms with Gasteiger partial charge >= 0.3 is 16.9 Å². The van der Waals surface area contributed by atoms with Gasteiger partial charge in [-0.3, -0.25) is 9.59 Å². The molecule has 0 bridgehead atoms. The SMILES string of the molecule is CCC(CC(=O)O)NC(=O)NCc1csc(=O)[nH]1. The Morgan fingerprint density at radius 3 is 2.78 bits per heavy atom. The van der Waals surface area contributed by atoms with E-state index in [0.717, 1.165) is 11.3 Å². The molecule has 1 heterocycles. The summed E-state index contributed by atoms with van der Waals surface area (Å²) < 4.78 is 0. The van der Waals surface area contributed by atoms with E-state index in [9.17, 15) is 14.4 Å². The highest BCUT2D eigenvalue weighted by Gasteiger charge is 2.13. The molecule has 18 heavy (non-hydrogen) atoms. The van der Waals surface area contributed by atoms with Crippen molar-refractivity contribution >= 4 is 23.3 Å². The molecule has 0 aliphatic carbocycles. The minimum atomic E-state index is -0.954. The topological polar surface area (TPSA) is 111 Å². The van der Waals surface area contributed by atoms with Crippen LogP contribution in [-0.2, 0) is 11.3 Å². The first-order valence-electron chi connectivity index (χ1n) is 5.44. The van der Waals surface area contributed by atoms with E-state index in [1.165, 1.54) is 0 Å². The quantitative estimate of drug-likeness (QED) is 0.604. The number of carboxylic acid groups (broad SMARTS) is 1. The Balaban J connectivity index is 2.36. The van der Waals surface area contributed by atoms with Gasteiger partial charge in [-0.2, -0.15) is 0 Å². The van der Waals surface area contributed by atoms with Gasteiger partial charge in [0.2, 0.25) is 0 Å². The molecule has 1 aromatic heterocycles. The highest BCUT2D eigenvalue weighted by Crippen LogP contribution is 1.98. The third-order valence-electron chi connectivity index (χ3n) is 2.26. The van der Waals surface area contributed by atoms with E-state index in [0.29, 0.717) is 12.1 Å². The van der Waals surface area contributed by atoms with Crippen molar-refractivity contribution in [3.05, 3.63) is 20.7 Å². The second-order valence-corrected chi connectivity index (χ2v) is 4.55. The monoisotopic (exact) mass is 273 g/mol. The van der Waals surface area contributed by atoms with E-state index in [1.54, 1.807) is 12.3 Å². The van der Waals surface area contributed by atoms with Crippen LogP contribution >= 0.6 is 11.3 Å². The predicted octanol–water partition coefficient (Wildman–Crippen LogP) is 0.489. The van der Waals surface area contributed by atoms with Gasteiger partial charge in [-0.1, -0.05) is 18.3 Å². The summed E-state index contributed by atoms with van der Waals surface area (Å²) in [6, 6.07) is -0.848. The lowest BCUT2D eigenvalue weighted by Gasteiger charge is -2.15. The highest BCUT2D eigenvalue weighted by molar-refractivity contribution is 7.07. The number of hydrogen-bond acceptors (Lipinski definition) is 4. The minimum Gasteiger partial charge on any atom is -0.481 e. The van der Waals surface area contributed by atoms with Crippen molar-refractivity contribution in [2.75, 3.05) is 0 Å². The Bertz CT molecular complexity index is 468. The number of thiazole rings is 1. The third kappa shape index (κ3) is 5.00. The van der Waals surface area contributed by atoms with E-state index in [2.05, 4.69) is 15.6 Å². The van der Waals surface area contributed by atoms with Crippen LogP contribution in [0.15, 0.2) is 10.2 Å². The zero-order chi connectivity index (χ0) is 13.5. The number of carbonyl (C=O) groups is 2. The number of carbonyl (C=O) groups excluding carboxylic acids is 1. The number of hydrogen-bond donors (Lipinski definition) is 4. The number of aromatic nitrogens is 1. The van der Waals surface area contributed by atoms with Gasteiger partial charge < -0.3 is 20.7 Å². The Hall–Kier alpha value is -1.83. The van der Waals surface area contributed by atoms with Crippen LogP contribution in [0.2, 0.25) is 0 Å². The molecule has 2 amide bonds. The van der Waals surface area contributed by atoms with Crippen molar-refractivity contribution in [2.24, 2.45) is 0 Å². The maximum absolute atomic E-state index is 11.5. The highest BCUT2D eigenvalue weighted by atomic mass is 32.1. The summed E-state index contributed by atoms with van der Waals surface area (Å²) in [5.41, 5.74) is 0.617. The Kier molecular flexibility index (Phi) is 5.37. The molecule has 8 heteroatoms. The van der Waals surface area contributed by atoms with Crippen LogP contribution in [0.4, 0.5) is 4.79 Å². The largest absolute Gasteiger partial charge is 0.481 e. The molecule has 1 unspecified atom stereocenters. The van der Waals surface area contributed by atoms with Gasteiger partial charge in [0, 0.05) is 17.1 Å². The predicted molar refractivity (Wildman–Crippen MR) is 66.6 cm³/mol. The molecule has 0 saturated carbocycles. The van der Waals surface area contributed by atoms with Crippen LogP contribution in [-0.4, -0.2) is 28.1 Å². The molecule has 1 atom stereocenters. The van der Waals surface area contributed by atoms with Gasteiger partial charge in [0.25, 0.3) is 0 Å². The van der Waals surface area contributed by atoms with Crippen LogP contribution in [0.5, 0.6) is 0 Å². The van der Waals surface area contributed by atoms with Crippen LogP contribution in [0, 0.1) is 0 Å². The zero-order valence-corrected chi connectivity index (χ0v) is 10.7. The fourth-order valence-electron chi connectivity index (χ4n) is 1.32. The first-order valence-corrected chi connectivity index (χ1v) is 6.32. The third-order valence-corrected chi connectivity index (χ3v) is 2.98. The number of carboxylic acids is 1. The van der Waals surface area contributed by atoms with Crippen molar-refractivity contribution in [1.29, 1.82) is 0 Å². The summed E-state index contributed by atoms with van der Waals surface area (Å²) in [5.74, 6) is -0.954. The van der Waals surface area contributed by atoms with Gasteiger partial charge in [-0.15, -0.1) is 0 Å². The average Bonchev–Trinajstić information content (AvgIpc) is 2.71. The van der Waals surface area contributed by atoms with Crippen LogP contribution in [0.1, 0.15) is 25.5 Å². The summed E-state index contributed by atoms with van der Waals surface area (Å²) in [6.07, 6.45) is 0.425. The normalized spacial score (nSPS) is 11.8. The molecule has 4 N–H and O–H groups in total. The van der Waals surface area contributed by atoms with Gasteiger partial charge in [0.15, 0.2) is 0 Å². The summed E-state index contributed by atoms with van der Waals surface area (Å²) in [6.45, 7) is 2.00. The summed E-state index contributed by atoms with van der Waals surface area (Å²) >= 11 is 1.02. The van der Waals surface area contributed by atoms with E-state index in [-0.39, 0.29) is 17.8 Å². The first-order chi connectivity index (χ1) is 8.51. The zero-order valence-electron chi connectivity index (χ0n) is 9.86. The molecule has 0 aliphatic heterocycles. The second kappa shape index (κ2) is 6.80. The van der Waals surface area contributed by atoms with Crippen molar-refractivity contribution < 1.29 is 14.7 Å². The lowest BCUT2D eigenvalue weighted by Crippen LogP contribution is -2.42. The molecule has 1 aromatic rings. The number of nitrogens with one attached hydrogen (secondary N) is 3. The molecule has 0 aliphatic rings. The Labute approximate surface area is 107 Å². The molecule has 7 nitrogen and oxygen atoms in total. The molecule has 100 valence electrons. The second-order valence-electron chi connectivity index (χ2n) is 3.70. The van der Waals surface area contributed by atoms with E-state index in [4.69, 9.17) is 5.11 Å². The lowest BCUT2D eigenvalue weighted by atomic mass is 10.1. The lowest BCUT2D eigenvalue weighted by molar-refractivity contribution is -0.137. The fraction of sp³-hybridized carbons (Fsp3) is 0.500. The number of aliphatic carboxylic acids is 1. The van der Waals surface area contributed by atoms with Crippen molar-refractivity contribution in [3.8, 4) is 0 Å². The summed E-state index contributed by atoms with van der Waals surface area (Å²) in [5, 5.41) is 15.4. The summed E-state index contributed by atoms with van der Waals surface area (Å²) in [7, 11) is 0. The van der Waals surface area contributed by atoms with Gasteiger partial charge in [-0.25, -0.2) is 4.79 Å². The summed E-state index contributed by atoms with van der Waals surface area (Å²) in [4.78, 5) is 35.2. The van der Waals surface area contributed by atoms with Crippen molar-refractivity contribution in [2.45, 2.75) is 32.4 Å². The van der Waals surface area contributed by atoms with Crippen molar-refractivity contribution in [3.63, 3.8) is 0 Å². The molecular formula is C10H15N3O4S.